The second-order valence-corrected chi connectivity index (χ2v) is 5.61. The molecule has 1 aliphatic rings. The summed E-state index contributed by atoms with van der Waals surface area (Å²) in [5.74, 6) is -0.412. The summed E-state index contributed by atoms with van der Waals surface area (Å²) in [7, 11) is 0. The van der Waals surface area contributed by atoms with Crippen LogP contribution in [0.15, 0.2) is 22.7 Å². The van der Waals surface area contributed by atoms with Crippen molar-refractivity contribution in [2.75, 3.05) is 11.1 Å². The van der Waals surface area contributed by atoms with Gasteiger partial charge in [0.15, 0.2) is 5.69 Å². The van der Waals surface area contributed by atoms with Gasteiger partial charge in [0, 0.05) is 10.4 Å². The van der Waals surface area contributed by atoms with Gasteiger partial charge >= 0.3 is 0 Å². The number of H-pyrrole nitrogens is 1. The molecule has 1 aliphatic carbocycles. The summed E-state index contributed by atoms with van der Waals surface area (Å²) < 4.78 is 13.5. The van der Waals surface area contributed by atoms with E-state index in [4.69, 9.17) is 5.73 Å². The fourth-order valence-corrected chi connectivity index (χ4v) is 2.44. The molecule has 4 N–H and O–H groups in total. The molecule has 0 unspecified atom stereocenters. The number of carbonyl (C=O) groups excluding carboxylic acids is 1. The molecule has 0 aliphatic heterocycles. The van der Waals surface area contributed by atoms with Crippen LogP contribution in [0.1, 0.15) is 34.9 Å². The van der Waals surface area contributed by atoms with Crippen molar-refractivity contribution >= 4 is 33.2 Å². The summed E-state index contributed by atoms with van der Waals surface area (Å²) in [6.45, 7) is 0. The minimum atomic E-state index is -0.419. The highest BCUT2D eigenvalue weighted by molar-refractivity contribution is 9.10. The molecule has 5 nitrogen and oxygen atoms in total. The van der Waals surface area contributed by atoms with Crippen LogP contribution in [-0.4, -0.2) is 16.1 Å². The molecule has 1 saturated carbocycles. The first-order valence-electron chi connectivity index (χ1n) is 6.16. The van der Waals surface area contributed by atoms with Crippen LogP contribution in [0.3, 0.4) is 0 Å². The third kappa shape index (κ3) is 2.40. The third-order valence-electron chi connectivity index (χ3n) is 3.21. The molecule has 0 spiro atoms. The maximum Gasteiger partial charge on any atom is 0.278 e. The second kappa shape index (κ2) is 4.90. The van der Waals surface area contributed by atoms with E-state index in [1.165, 1.54) is 18.2 Å². The molecule has 20 heavy (non-hydrogen) atoms. The molecule has 3 rings (SSSR count). The van der Waals surface area contributed by atoms with Crippen LogP contribution in [-0.2, 0) is 0 Å². The zero-order valence-corrected chi connectivity index (χ0v) is 12.0. The van der Waals surface area contributed by atoms with Crippen LogP contribution >= 0.6 is 15.9 Å². The summed E-state index contributed by atoms with van der Waals surface area (Å²) >= 11 is 3.19. The number of nitrogen functional groups attached to an aromatic ring is 1. The zero-order valence-electron chi connectivity index (χ0n) is 10.4. The molecule has 0 bridgehead atoms. The Bertz CT molecular complexity index is 681. The van der Waals surface area contributed by atoms with Crippen LogP contribution in [0, 0.1) is 5.82 Å². The monoisotopic (exact) mass is 338 g/mol. The van der Waals surface area contributed by atoms with E-state index >= 15 is 0 Å². The van der Waals surface area contributed by atoms with Crippen molar-refractivity contribution in [3.05, 3.63) is 39.9 Å². The summed E-state index contributed by atoms with van der Waals surface area (Å²) in [4.78, 5) is 12.1. The Hall–Kier alpha value is -1.89. The number of nitrogens with two attached hydrogens (primary N) is 1. The van der Waals surface area contributed by atoms with Gasteiger partial charge in [-0.15, -0.1) is 0 Å². The van der Waals surface area contributed by atoms with E-state index in [-0.39, 0.29) is 11.5 Å². The van der Waals surface area contributed by atoms with Crippen molar-refractivity contribution in [3.63, 3.8) is 0 Å². The van der Waals surface area contributed by atoms with E-state index in [0.717, 1.165) is 18.5 Å². The highest BCUT2D eigenvalue weighted by atomic mass is 79.9. The lowest BCUT2D eigenvalue weighted by Crippen LogP contribution is -2.14. The molecular formula is C13H12BrFN4O. The normalized spacial score (nSPS) is 14.3. The molecule has 1 aromatic heterocycles. The Morgan fingerprint density at radius 3 is 2.90 bits per heavy atom. The lowest BCUT2D eigenvalue weighted by Gasteiger charge is -2.06. The van der Waals surface area contributed by atoms with Gasteiger partial charge in [-0.1, -0.05) is 0 Å². The minimum Gasteiger partial charge on any atom is -0.395 e. The van der Waals surface area contributed by atoms with Gasteiger partial charge in [0.05, 0.1) is 17.1 Å². The van der Waals surface area contributed by atoms with Gasteiger partial charge in [0.1, 0.15) is 5.82 Å². The Kier molecular flexibility index (Phi) is 3.21. The standard InChI is InChI=1S/C13H12BrFN4O/c14-8-5-7(15)3-4-9(8)17-13(20)12-10(16)11(18-19-12)6-1-2-6/h3-6H,1-2,16H2,(H,17,20)(H,18,19). The van der Waals surface area contributed by atoms with E-state index in [1.54, 1.807) is 0 Å². The van der Waals surface area contributed by atoms with Gasteiger partial charge in [-0.3, -0.25) is 9.89 Å². The van der Waals surface area contributed by atoms with E-state index in [0.29, 0.717) is 21.8 Å². The van der Waals surface area contributed by atoms with Gasteiger partial charge in [-0.05, 0) is 47.0 Å². The van der Waals surface area contributed by atoms with Crippen LogP contribution in [0.5, 0.6) is 0 Å². The van der Waals surface area contributed by atoms with E-state index in [9.17, 15) is 9.18 Å². The van der Waals surface area contributed by atoms with E-state index < -0.39 is 5.91 Å². The highest BCUT2D eigenvalue weighted by Gasteiger charge is 2.30. The topological polar surface area (TPSA) is 83.8 Å². The fourth-order valence-electron chi connectivity index (χ4n) is 1.99. The zero-order chi connectivity index (χ0) is 14.3. The number of halogens is 2. The number of benzene rings is 1. The predicted octanol–water partition coefficient (Wildman–Crippen LogP) is 3.02. The molecule has 7 heteroatoms. The van der Waals surface area contributed by atoms with E-state index in [2.05, 4.69) is 31.4 Å². The molecule has 1 amide bonds. The molecular weight excluding hydrogens is 327 g/mol. The molecule has 1 heterocycles. The Morgan fingerprint density at radius 1 is 1.50 bits per heavy atom. The first-order valence-corrected chi connectivity index (χ1v) is 6.95. The fraction of sp³-hybridized carbons (Fsp3) is 0.231. The first kappa shape index (κ1) is 13.1. The van der Waals surface area contributed by atoms with Crippen LogP contribution in [0.4, 0.5) is 15.8 Å². The average molecular weight is 339 g/mol. The Labute approximate surface area is 122 Å². The van der Waals surface area contributed by atoms with E-state index in [1.807, 2.05) is 0 Å². The maximum atomic E-state index is 13.0. The minimum absolute atomic E-state index is 0.170. The number of aromatic amines is 1. The molecule has 1 aromatic carbocycles. The SMILES string of the molecule is Nc1c(C(=O)Nc2ccc(F)cc2Br)n[nH]c1C1CC1. The molecule has 104 valence electrons. The summed E-state index contributed by atoms with van der Waals surface area (Å²) in [5, 5.41) is 9.44. The maximum absolute atomic E-state index is 13.0. The van der Waals surface area contributed by atoms with Gasteiger partial charge in [-0.25, -0.2) is 4.39 Å². The van der Waals surface area contributed by atoms with Crippen molar-refractivity contribution in [1.29, 1.82) is 0 Å². The van der Waals surface area contributed by atoms with Gasteiger partial charge in [-0.2, -0.15) is 5.10 Å². The highest BCUT2D eigenvalue weighted by Crippen LogP contribution is 2.42. The third-order valence-corrected chi connectivity index (χ3v) is 3.87. The Morgan fingerprint density at radius 2 is 2.25 bits per heavy atom. The summed E-state index contributed by atoms with van der Waals surface area (Å²) in [6, 6.07) is 4.02. The lowest BCUT2D eigenvalue weighted by atomic mass is 10.2. The smallest absolute Gasteiger partial charge is 0.278 e. The number of anilines is 2. The van der Waals surface area contributed by atoms with Gasteiger partial charge in [0.2, 0.25) is 0 Å². The van der Waals surface area contributed by atoms with Crippen molar-refractivity contribution in [1.82, 2.24) is 10.2 Å². The Balaban J connectivity index is 1.82. The van der Waals surface area contributed by atoms with Crippen molar-refractivity contribution in [2.45, 2.75) is 18.8 Å². The number of nitrogens with zero attached hydrogens (tertiary/aromatic N) is 1. The molecule has 0 saturated heterocycles. The van der Waals surface area contributed by atoms with Crippen LogP contribution in [0.2, 0.25) is 0 Å². The number of carbonyl (C=O) groups is 1. The number of hydrogen-bond donors (Lipinski definition) is 3. The van der Waals surface area contributed by atoms with Crippen LogP contribution < -0.4 is 11.1 Å². The number of hydrogen-bond acceptors (Lipinski definition) is 3. The molecule has 0 atom stereocenters. The molecule has 2 aromatic rings. The second-order valence-electron chi connectivity index (χ2n) is 4.75. The van der Waals surface area contributed by atoms with Crippen molar-refractivity contribution in [2.24, 2.45) is 0 Å². The van der Waals surface area contributed by atoms with Crippen molar-refractivity contribution in [3.8, 4) is 0 Å². The van der Waals surface area contributed by atoms with Crippen molar-refractivity contribution < 1.29 is 9.18 Å². The lowest BCUT2D eigenvalue weighted by molar-refractivity contribution is 0.102. The number of aromatic nitrogens is 2. The van der Waals surface area contributed by atoms with Gasteiger partial charge in [0.25, 0.3) is 5.91 Å². The van der Waals surface area contributed by atoms with Gasteiger partial charge < -0.3 is 11.1 Å². The molecule has 1 fully saturated rings. The van der Waals surface area contributed by atoms with Crippen LogP contribution in [0.25, 0.3) is 0 Å². The number of nitrogens with one attached hydrogen (secondary N) is 2. The quantitative estimate of drug-likeness (QED) is 0.804. The number of amides is 1. The molecule has 0 radical (unpaired) electrons. The largest absolute Gasteiger partial charge is 0.395 e. The average Bonchev–Trinajstić information content (AvgIpc) is 3.16. The first-order chi connectivity index (χ1) is 9.56. The summed E-state index contributed by atoms with van der Waals surface area (Å²) in [6.07, 6.45) is 2.13. The summed E-state index contributed by atoms with van der Waals surface area (Å²) in [5.41, 5.74) is 7.79. The predicted molar refractivity (Wildman–Crippen MR) is 77.0 cm³/mol. The number of rotatable bonds is 3.